The largest absolute Gasteiger partial charge is 0.411 e. The highest BCUT2D eigenvalue weighted by Crippen LogP contribution is 2.30. The molecule has 7 nitrogen and oxygen atoms in total. The van der Waals surface area contributed by atoms with Crippen molar-refractivity contribution in [2.75, 3.05) is 62.7 Å². The molecule has 1 aromatic carbocycles. The van der Waals surface area contributed by atoms with Crippen LogP contribution < -0.4 is 10.2 Å². The summed E-state index contributed by atoms with van der Waals surface area (Å²) in [5, 5.41) is 3.21. The molecule has 0 saturated carbocycles. The van der Waals surface area contributed by atoms with Gasteiger partial charge in [0.15, 0.2) is 0 Å². The monoisotopic (exact) mass is 462 g/mol. The van der Waals surface area contributed by atoms with Crippen molar-refractivity contribution in [3.05, 3.63) is 23.2 Å². The zero-order valence-electron chi connectivity index (χ0n) is 17.1. The van der Waals surface area contributed by atoms with Crippen LogP contribution in [0.3, 0.4) is 0 Å². The van der Waals surface area contributed by atoms with Gasteiger partial charge in [-0.15, -0.1) is 0 Å². The molecule has 0 radical (unpaired) electrons. The van der Waals surface area contributed by atoms with E-state index >= 15 is 0 Å². The number of rotatable bonds is 7. The molecule has 2 fully saturated rings. The maximum absolute atomic E-state index is 12.6. The lowest BCUT2D eigenvalue weighted by molar-refractivity contribution is -0.174. The fraction of sp³-hybridized carbons (Fsp3) is 0.600. The minimum absolute atomic E-state index is 0.0502. The Morgan fingerprint density at radius 3 is 2.55 bits per heavy atom. The third-order valence-electron chi connectivity index (χ3n) is 5.26. The number of ether oxygens (including phenoxy) is 1. The summed E-state index contributed by atoms with van der Waals surface area (Å²) in [6.45, 7) is 2.34. The van der Waals surface area contributed by atoms with E-state index in [1.807, 2.05) is 0 Å². The number of nitrogens with one attached hydrogen (secondary N) is 1. The highest BCUT2D eigenvalue weighted by molar-refractivity contribution is 6.33. The third-order valence-corrected chi connectivity index (χ3v) is 5.59. The molecule has 11 heteroatoms. The van der Waals surface area contributed by atoms with Crippen LogP contribution in [0.4, 0.5) is 29.3 Å². The summed E-state index contributed by atoms with van der Waals surface area (Å²) >= 11 is 6.23. The van der Waals surface area contributed by atoms with Crippen molar-refractivity contribution in [2.24, 2.45) is 0 Å². The zero-order chi connectivity index (χ0) is 22.4. The van der Waals surface area contributed by atoms with Gasteiger partial charge >= 0.3 is 12.2 Å². The summed E-state index contributed by atoms with van der Waals surface area (Å²) in [4.78, 5) is 30.1. The maximum atomic E-state index is 12.6. The third kappa shape index (κ3) is 6.98. The molecule has 1 N–H and O–H groups in total. The molecule has 0 bridgehead atoms. The molecule has 3 amide bonds. The molecule has 2 heterocycles. The Labute approximate surface area is 184 Å². The molecule has 0 aromatic heterocycles. The number of amides is 3. The van der Waals surface area contributed by atoms with Gasteiger partial charge in [0, 0.05) is 58.0 Å². The average Bonchev–Trinajstić information content (AvgIpc) is 3.15. The van der Waals surface area contributed by atoms with Crippen molar-refractivity contribution in [3.8, 4) is 0 Å². The minimum Gasteiger partial charge on any atom is -0.372 e. The van der Waals surface area contributed by atoms with Crippen LogP contribution in [0.1, 0.15) is 19.3 Å². The number of alkyl halides is 3. The predicted molar refractivity (Wildman–Crippen MR) is 112 cm³/mol. The van der Waals surface area contributed by atoms with Gasteiger partial charge in [0.1, 0.15) is 6.61 Å². The van der Waals surface area contributed by atoms with Crippen molar-refractivity contribution in [1.82, 2.24) is 9.80 Å². The quantitative estimate of drug-likeness (QED) is 0.629. The molecule has 172 valence electrons. The second-order valence-corrected chi connectivity index (χ2v) is 8.00. The molecule has 1 aromatic rings. The molecule has 0 unspecified atom stereocenters. The van der Waals surface area contributed by atoms with Gasteiger partial charge in [0.05, 0.1) is 10.7 Å². The standard InChI is InChI=1S/C20H26ClF3N4O3/c21-16-5-4-15(28-7-1-3-18(28)29)13-17(16)25-19(30)27-10-8-26(9-11-27)6-2-12-31-14-20(22,23)24/h4-5,13H,1-3,6-12,14H2,(H,25,30). The summed E-state index contributed by atoms with van der Waals surface area (Å²) in [5.41, 5.74) is 1.16. The number of hydrogen-bond donors (Lipinski definition) is 1. The highest BCUT2D eigenvalue weighted by atomic mass is 35.5. The van der Waals surface area contributed by atoms with E-state index in [0.717, 1.165) is 6.42 Å². The Morgan fingerprint density at radius 2 is 1.90 bits per heavy atom. The molecule has 0 aliphatic carbocycles. The van der Waals surface area contributed by atoms with Gasteiger partial charge in [0.25, 0.3) is 0 Å². The second kappa shape index (κ2) is 10.5. The lowest BCUT2D eigenvalue weighted by atomic mass is 10.2. The number of hydrogen-bond acceptors (Lipinski definition) is 4. The molecule has 0 spiro atoms. The Kier molecular flexibility index (Phi) is 8.01. The normalized spacial score (nSPS) is 18.0. The Bertz CT molecular complexity index is 785. The molecule has 2 aliphatic rings. The van der Waals surface area contributed by atoms with E-state index in [2.05, 4.69) is 15.0 Å². The first-order valence-corrected chi connectivity index (χ1v) is 10.6. The fourth-order valence-corrected chi connectivity index (χ4v) is 3.81. The van der Waals surface area contributed by atoms with Crippen LogP contribution >= 0.6 is 11.6 Å². The van der Waals surface area contributed by atoms with E-state index in [1.54, 1.807) is 28.0 Å². The molecule has 0 atom stereocenters. The number of carbonyl (C=O) groups is 2. The van der Waals surface area contributed by atoms with Crippen LogP contribution in [0, 0.1) is 0 Å². The molecule has 2 aliphatic heterocycles. The Balaban J connectivity index is 1.43. The van der Waals surface area contributed by atoms with Crippen LogP contribution in [-0.4, -0.2) is 80.4 Å². The molecular weight excluding hydrogens is 437 g/mol. The van der Waals surface area contributed by atoms with Gasteiger partial charge < -0.3 is 19.9 Å². The van der Waals surface area contributed by atoms with E-state index in [9.17, 15) is 22.8 Å². The second-order valence-electron chi connectivity index (χ2n) is 7.59. The topological polar surface area (TPSA) is 65.1 Å². The maximum Gasteiger partial charge on any atom is 0.411 e. The van der Waals surface area contributed by atoms with Crippen LogP contribution in [0.25, 0.3) is 0 Å². The summed E-state index contributed by atoms with van der Waals surface area (Å²) in [6, 6.07) is 4.86. The van der Waals surface area contributed by atoms with Crippen LogP contribution in [0.15, 0.2) is 18.2 Å². The number of urea groups is 1. The van der Waals surface area contributed by atoms with E-state index in [1.165, 1.54) is 0 Å². The number of piperazine rings is 1. The highest BCUT2D eigenvalue weighted by Gasteiger charge is 2.27. The summed E-state index contributed by atoms with van der Waals surface area (Å²) < 4.78 is 40.8. The van der Waals surface area contributed by atoms with Crippen molar-refractivity contribution >= 4 is 34.9 Å². The molecular formula is C20H26ClF3N4O3. The van der Waals surface area contributed by atoms with Crippen LogP contribution in [0.2, 0.25) is 5.02 Å². The number of halogens is 4. The van der Waals surface area contributed by atoms with Crippen LogP contribution in [0.5, 0.6) is 0 Å². The van der Waals surface area contributed by atoms with Crippen molar-refractivity contribution < 1.29 is 27.5 Å². The van der Waals surface area contributed by atoms with Gasteiger partial charge in [-0.05, 0) is 31.0 Å². The van der Waals surface area contributed by atoms with E-state index in [0.29, 0.717) is 68.5 Å². The fourth-order valence-electron chi connectivity index (χ4n) is 3.65. The lowest BCUT2D eigenvalue weighted by Gasteiger charge is -2.34. The first-order chi connectivity index (χ1) is 14.7. The molecule has 3 rings (SSSR count). The number of nitrogens with zero attached hydrogens (tertiary/aromatic N) is 3. The number of anilines is 2. The van der Waals surface area contributed by atoms with Crippen molar-refractivity contribution in [3.63, 3.8) is 0 Å². The van der Waals surface area contributed by atoms with Gasteiger partial charge in [-0.3, -0.25) is 9.69 Å². The summed E-state index contributed by atoms with van der Waals surface area (Å²) in [6.07, 6.45) is -2.48. The first-order valence-electron chi connectivity index (χ1n) is 10.3. The van der Waals surface area contributed by atoms with Gasteiger partial charge in [-0.2, -0.15) is 13.2 Å². The summed E-state index contributed by atoms with van der Waals surface area (Å²) in [7, 11) is 0. The SMILES string of the molecule is O=C(Nc1cc(N2CCCC2=O)ccc1Cl)N1CCN(CCCOCC(F)(F)F)CC1. The number of carbonyl (C=O) groups excluding carboxylic acids is 2. The minimum atomic E-state index is -4.30. The number of benzene rings is 1. The zero-order valence-corrected chi connectivity index (χ0v) is 17.8. The van der Waals surface area contributed by atoms with Crippen molar-refractivity contribution in [1.29, 1.82) is 0 Å². The predicted octanol–water partition coefficient (Wildman–Crippen LogP) is 3.59. The smallest absolute Gasteiger partial charge is 0.372 e. The summed E-state index contributed by atoms with van der Waals surface area (Å²) in [5.74, 6) is 0.0551. The average molecular weight is 463 g/mol. The molecule has 31 heavy (non-hydrogen) atoms. The van der Waals surface area contributed by atoms with Crippen LogP contribution in [-0.2, 0) is 9.53 Å². The first kappa shape index (κ1) is 23.6. The molecule has 2 saturated heterocycles. The van der Waals surface area contributed by atoms with E-state index in [4.69, 9.17) is 11.6 Å². The Morgan fingerprint density at radius 1 is 1.16 bits per heavy atom. The van der Waals surface area contributed by atoms with Gasteiger partial charge in [-0.25, -0.2) is 4.79 Å². The van der Waals surface area contributed by atoms with Crippen molar-refractivity contribution in [2.45, 2.75) is 25.4 Å². The Hall–Kier alpha value is -2.04. The lowest BCUT2D eigenvalue weighted by Crippen LogP contribution is -2.50. The van der Waals surface area contributed by atoms with Gasteiger partial charge in [-0.1, -0.05) is 11.6 Å². The van der Waals surface area contributed by atoms with Gasteiger partial charge in [0.2, 0.25) is 5.91 Å². The van der Waals surface area contributed by atoms with E-state index in [-0.39, 0.29) is 18.5 Å². The van der Waals surface area contributed by atoms with E-state index < -0.39 is 12.8 Å².